The van der Waals surface area contributed by atoms with Gasteiger partial charge in [0.15, 0.2) is 0 Å². The second kappa shape index (κ2) is 5.19. The summed E-state index contributed by atoms with van der Waals surface area (Å²) in [5, 5.41) is 8.79. The first-order valence-electron chi connectivity index (χ1n) is 4.69. The first kappa shape index (κ1) is 11.3. The van der Waals surface area contributed by atoms with Crippen molar-refractivity contribution in [3.63, 3.8) is 0 Å². The van der Waals surface area contributed by atoms with Gasteiger partial charge in [-0.25, -0.2) is 4.79 Å². The molecular weight excluding hydrogens is 198 g/mol. The number of aryl methyl sites for hydroxylation is 1. The van der Waals surface area contributed by atoms with Crippen molar-refractivity contribution >= 4 is 11.9 Å². The molecule has 82 valence electrons. The number of aromatic nitrogens is 1. The zero-order valence-corrected chi connectivity index (χ0v) is 8.47. The normalized spacial score (nSPS) is 9.93. The molecule has 1 heterocycles. The highest BCUT2D eigenvalue weighted by Gasteiger charge is 2.09. The molecule has 15 heavy (non-hydrogen) atoms. The van der Waals surface area contributed by atoms with Gasteiger partial charge in [0.05, 0.1) is 13.0 Å². The Morgan fingerprint density at radius 3 is 2.87 bits per heavy atom. The van der Waals surface area contributed by atoms with Crippen LogP contribution < -0.4 is 0 Å². The summed E-state index contributed by atoms with van der Waals surface area (Å²) in [7, 11) is 0. The highest BCUT2D eigenvalue weighted by Crippen LogP contribution is 2.04. The van der Waals surface area contributed by atoms with Gasteiger partial charge in [-0.15, -0.1) is 0 Å². The fourth-order valence-electron chi connectivity index (χ4n) is 1.25. The van der Waals surface area contributed by atoms with Gasteiger partial charge in [-0.2, -0.15) is 0 Å². The predicted octanol–water partition coefficient (Wildman–Crippen LogP) is 1.14. The molecule has 0 fully saturated rings. The Labute approximate surface area is 87.3 Å². The van der Waals surface area contributed by atoms with E-state index in [4.69, 9.17) is 9.84 Å². The average Bonchev–Trinajstić information content (AvgIpc) is 2.63. The summed E-state index contributed by atoms with van der Waals surface area (Å²) in [6, 6.07) is 3.13. The van der Waals surface area contributed by atoms with Crippen LogP contribution in [0.4, 0.5) is 0 Å². The summed E-state index contributed by atoms with van der Waals surface area (Å²) in [6.07, 6.45) is 1.81. The maximum Gasteiger partial charge on any atom is 0.352 e. The number of esters is 1. The molecule has 0 atom stereocenters. The monoisotopic (exact) mass is 211 g/mol. The van der Waals surface area contributed by atoms with Gasteiger partial charge in [0, 0.05) is 12.7 Å². The number of rotatable bonds is 5. The quantitative estimate of drug-likeness (QED) is 0.741. The molecule has 1 N–H and O–H groups in total. The van der Waals surface area contributed by atoms with Crippen molar-refractivity contribution < 1.29 is 19.4 Å². The Bertz CT molecular complexity index is 356. The number of aromatic carboxylic acids is 1. The predicted molar refractivity (Wildman–Crippen MR) is 52.6 cm³/mol. The highest BCUT2D eigenvalue weighted by atomic mass is 16.5. The number of hydrogen-bond acceptors (Lipinski definition) is 3. The van der Waals surface area contributed by atoms with E-state index in [9.17, 15) is 9.59 Å². The van der Waals surface area contributed by atoms with Gasteiger partial charge in [-0.3, -0.25) is 4.79 Å². The van der Waals surface area contributed by atoms with Crippen molar-refractivity contribution in [3.05, 3.63) is 24.0 Å². The lowest BCUT2D eigenvalue weighted by Gasteiger charge is -2.05. The van der Waals surface area contributed by atoms with E-state index in [-0.39, 0.29) is 18.1 Å². The van der Waals surface area contributed by atoms with Crippen LogP contribution in [0, 0.1) is 0 Å². The Morgan fingerprint density at radius 1 is 1.53 bits per heavy atom. The topological polar surface area (TPSA) is 68.5 Å². The van der Waals surface area contributed by atoms with Crippen LogP contribution in [0.15, 0.2) is 18.3 Å². The van der Waals surface area contributed by atoms with E-state index in [1.54, 1.807) is 19.2 Å². The van der Waals surface area contributed by atoms with Crippen LogP contribution >= 0.6 is 0 Å². The number of carboxylic acid groups (broad SMARTS) is 1. The fraction of sp³-hybridized carbons (Fsp3) is 0.400. The minimum atomic E-state index is -0.996. The largest absolute Gasteiger partial charge is 0.477 e. The molecule has 0 bridgehead atoms. The summed E-state index contributed by atoms with van der Waals surface area (Å²) in [5.41, 5.74) is 0.180. The van der Waals surface area contributed by atoms with Gasteiger partial charge in [-0.05, 0) is 19.1 Å². The van der Waals surface area contributed by atoms with Crippen LogP contribution in [0.5, 0.6) is 0 Å². The van der Waals surface area contributed by atoms with Crippen molar-refractivity contribution in [1.82, 2.24) is 4.57 Å². The molecule has 0 radical (unpaired) electrons. The molecule has 0 spiro atoms. The van der Waals surface area contributed by atoms with Crippen molar-refractivity contribution in [2.24, 2.45) is 0 Å². The fourth-order valence-corrected chi connectivity index (χ4v) is 1.25. The Balaban J connectivity index is 2.54. The first-order valence-corrected chi connectivity index (χ1v) is 4.69. The van der Waals surface area contributed by atoms with Gasteiger partial charge in [-0.1, -0.05) is 0 Å². The van der Waals surface area contributed by atoms with Crippen LogP contribution in [0.2, 0.25) is 0 Å². The number of hydrogen-bond donors (Lipinski definition) is 1. The number of carboxylic acids is 1. The lowest BCUT2D eigenvalue weighted by molar-refractivity contribution is -0.143. The van der Waals surface area contributed by atoms with E-state index in [1.807, 2.05) is 0 Å². The molecule has 0 aliphatic heterocycles. The van der Waals surface area contributed by atoms with Gasteiger partial charge in [0.1, 0.15) is 5.69 Å². The molecule has 1 aromatic rings. The Morgan fingerprint density at radius 2 is 2.27 bits per heavy atom. The molecule has 0 aromatic carbocycles. The van der Waals surface area contributed by atoms with E-state index < -0.39 is 5.97 Å². The number of carbonyl (C=O) groups is 2. The number of ether oxygens (including phenoxy) is 1. The van der Waals surface area contributed by atoms with Crippen LogP contribution in [-0.4, -0.2) is 28.2 Å². The molecule has 5 heteroatoms. The van der Waals surface area contributed by atoms with Gasteiger partial charge < -0.3 is 14.4 Å². The summed E-state index contributed by atoms with van der Waals surface area (Å²) >= 11 is 0. The smallest absolute Gasteiger partial charge is 0.352 e. The zero-order valence-electron chi connectivity index (χ0n) is 8.47. The highest BCUT2D eigenvalue weighted by molar-refractivity contribution is 5.85. The lowest BCUT2D eigenvalue weighted by Crippen LogP contribution is -2.12. The minimum Gasteiger partial charge on any atom is -0.477 e. The maximum absolute atomic E-state index is 11.0. The molecule has 0 aliphatic rings. The Kier molecular flexibility index (Phi) is 3.91. The van der Waals surface area contributed by atoms with E-state index in [2.05, 4.69) is 0 Å². The summed E-state index contributed by atoms with van der Waals surface area (Å²) < 4.78 is 6.25. The summed E-state index contributed by atoms with van der Waals surface area (Å²) in [5.74, 6) is -1.31. The molecule has 0 saturated heterocycles. The number of nitrogens with zero attached hydrogens (tertiary/aromatic N) is 1. The maximum atomic E-state index is 11.0. The summed E-state index contributed by atoms with van der Waals surface area (Å²) in [4.78, 5) is 21.8. The van der Waals surface area contributed by atoms with Gasteiger partial charge >= 0.3 is 11.9 Å². The average molecular weight is 211 g/mol. The molecule has 0 amide bonds. The number of carbonyl (C=O) groups excluding carboxylic acids is 1. The standard InChI is InChI=1S/C10H13NO4/c1-2-15-9(12)5-7-11-6-3-4-8(11)10(13)14/h3-4,6H,2,5,7H2,1H3,(H,13,14). The molecule has 0 saturated carbocycles. The third-order valence-corrected chi connectivity index (χ3v) is 1.91. The second-order valence-corrected chi connectivity index (χ2v) is 2.95. The zero-order chi connectivity index (χ0) is 11.3. The van der Waals surface area contributed by atoms with Gasteiger partial charge in [0.2, 0.25) is 0 Å². The van der Waals surface area contributed by atoms with E-state index in [1.165, 1.54) is 10.6 Å². The lowest BCUT2D eigenvalue weighted by atomic mass is 10.4. The third kappa shape index (κ3) is 3.12. The molecule has 1 rings (SSSR count). The van der Waals surface area contributed by atoms with E-state index in [0.717, 1.165) is 0 Å². The minimum absolute atomic E-state index is 0.180. The first-order chi connectivity index (χ1) is 7.15. The molecule has 1 aromatic heterocycles. The SMILES string of the molecule is CCOC(=O)CCn1cccc1C(=O)O. The molecular formula is C10H13NO4. The molecule has 0 unspecified atom stereocenters. The van der Waals surface area contributed by atoms with Crippen molar-refractivity contribution in [2.75, 3.05) is 6.61 Å². The van der Waals surface area contributed by atoms with E-state index >= 15 is 0 Å². The third-order valence-electron chi connectivity index (χ3n) is 1.91. The Hall–Kier alpha value is -1.78. The van der Waals surface area contributed by atoms with Crippen LogP contribution in [0.25, 0.3) is 0 Å². The van der Waals surface area contributed by atoms with Crippen molar-refractivity contribution in [1.29, 1.82) is 0 Å². The van der Waals surface area contributed by atoms with Gasteiger partial charge in [0.25, 0.3) is 0 Å². The summed E-state index contributed by atoms with van der Waals surface area (Å²) in [6.45, 7) is 2.40. The van der Waals surface area contributed by atoms with Crippen molar-refractivity contribution in [2.45, 2.75) is 19.9 Å². The van der Waals surface area contributed by atoms with Crippen LogP contribution in [0.1, 0.15) is 23.8 Å². The van der Waals surface area contributed by atoms with Crippen molar-refractivity contribution in [3.8, 4) is 0 Å². The molecule has 0 aliphatic carbocycles. The molecule has 5 nitrogen and oxygen atoms in total. The second-order valence-electron chi connectivity index (χ2n) is 2.95. The van der Waals surface area contributed by atoms with Crippen LogP contribution in [0.3, 0.4) is 0 Å². The van der Waals surface area contributed by atoms with Crippen LogP contribution in [-0.2, 0) is 16.1 Å². The van der Waals surface area contributed by atoms with E-state index in [0.29, 0.717) is 13.2 Å².